The molecule has 0 aliphatic carbocycles. The third-order valence-electron chi connectivity index (χ3n) is 6.54. The van der Waals surface area contributed by atoms with Crippen molar-refractivity contribution in [2.45, 2.75) is 30.3 Å². The summed E-state index contributed by atoms with van der Waals surface area (Å²) in [5.41, 5.74) is 4.75. The summed E-state index contributed by atoms with van der Waals surface area (Å²) >= 11 is 5.95. The van der Waals surface area contributed by atoms with Crippen molar-refractivity contribution in [3.63, 3.8) is 0 Å². The van der Waals surface area contributed by atoms with E-state index in [0.29, 0.717) is 24.2 Å². The van der Waals surface area contributed by atoms with E-state index in [1.165, 1.54) is 36.7 Å². The van der Waals surface area contributed by atoms with Gasteiger partial charge >= 0.3 is 0 Å². The molecule has 1 saturated heterocycles. The summed E-state index contributed by atoms with van der Waals surface area (Å²) in [7, 11) is 0. The number of nitrogens with two attached hydrogens (primary N) is 1. The van der Waals surface area contributed by atoms with E-state index in [2.05, 4.69) is 20.9 Å². The van der Waals surface area contributed by atoms with Crippen LogP contribution in [0.2, 0.25) is 5.02 Å². The van der Waals surface area contributed by atoms with Crippen LogP contribution in [0.15, 0.2) is 47.5 Å². The summed E-state index contributed by atoms with van der Waals surface area (Å²) < 4.78 is 40.5. The smallest absolute Gasteiger partial charge is 0.260 e. The number of nitrogens with one attached hydrogen (secondary N) is 3. The molecule has 0 aromatic heterocycles. The van der Waals surface area contributed by atoms with Gasteiger partial charge in [0.05, 0.1) is 23.5 Å². The van der Waals surface area contributed by atoms with Gasteiger partial charge in [-0.15, -0.1) is 0 Å². The van der Waals surface area contributed by atoms with E-state index in [0.717, 1.165) is 12.1 Å². The Morgan fingerprint density at radius 2 is 1.92 bits per heavy atom. The van der Waals surface area contributed by atoms with Crippen molar-refractivity contribution in [1.29, 1.82) is 0 Å². The number of halogens is 4. The molecule has 202 valence electrons. The second-order valence-electron chi connectivity index (χ2n) is 9.18. The Balaban J connectivity index is 1.44. The van der Waals surface area contributed by atoms with Gasteiger partial charge < -0.3 is 21.7 Å². The molecule has 2 aromatic carbocycles. The Kier molecular flexibility index (Phi) is 7.93. The minimum absolute atomic E-state index is 0.0537. The number of hydrogen-bond donors (Lipinski definition) is 4. The first-order valence-corrected chi connectivity index (χ1v) is 12.2. The van der Waals surface area contributed by atoms with Crippen molar-refractivity contribution >= 4 is 41.3 Å². The van der Waals surface area contributed by atoms with Gasteiger partial charge in [0.1, 0.15) is 5.82 Å². The molecule has 2 atom stereocenters. The van der Waals surface area contributed by atoms with Crippen LogP contribution < -0.4 is 21.7 Å². The number of aliphatic imine (C=N–C) groups is 1. The number of carbonyl (C=O) groups excluding carboxylic acids is 3. The molecule has 2 heterocycles. The summed E-state index contributed by atoms with van der Waals surface area (Å²) in [6.07, 6.45) is 1.43. The lowest BCUT2D eigenvalue weighted by atomic mass is 9.82. The Labute approximate surface area is 221 Å². The fraction of sp³-hybridized carbons (Fsp3) is 0.360. The zero-order chi connectivity index (χ0) is 27.5. The zero-order valence-corrected chi connectivity index (χ0v) is 20.9. The van der Waals surface area contributed by atoms with Crippen molar-refractivity contribution in [1.82, 2.24) is 15.5 Å². The molecule has 2 aliphatic heterocycles. The summed E-state index contributed by atoms with van der Waals surface area (Å²) in [6, 6.07) is 8.15. The predicted molar refractivity (Wildman–Crippen MR) is 136 cm³/mol. The molecule has 2 aliphatic rings. The van der Waals surface area contributed by atoms with Crippen LogP contribution in [-0.4, -0.2) is 67.1 Å². The second kappa shape index (κ2) is 11.0. The molecule has 2 unspecified atom stereocenters. The van der Waals surface area contributed by atoms with Gasteiger partial charge in [-0.05, 0) is 48.9 Å². The minimum atomic E-state index is -2.75. The average Bonchev–Trinajstić information content (AvgIpc) is 3.30. The van der Waals surface area contributed by atoms with Crippen molar-refractivity contribution in [2.24, 2.45) is 10.7 Å². The number of alkyl halides is 2. The highest BCUT2D eigenvalue weighted by Crippen LogP contribution is 2.31. The second-order valence-corrected chi connectivity index (χ2v) is 9.59. The number of piperidine rings is 1. The van der Waals surface area contributed by atoms with Crippen LogP contribution >= 0.6 is 11.6 Å². The van der Waals surface area contributed by atoms with Crippen LogP contribution in [0.3, 0.4) is 0 Å². The van der Waals surface area contributed by atoms with Gasteiger partial charge in [-0.3, -0.25) is 24.3 Å². The molecule has 38 heavy (non-hydrogen) atoms. The van der Waals surface area contributed by atoms with Crippen LogP contribution in [0.4, 0.5) is 18.9 Å². The first-order chi connectivity index (χ1) is 18.0. The van der Waals surface area contributed by atoms with E-state index in [4.69, 9.17) is 17.3 Å². The molecule has 1 fully saturated rings. The lowest BCUT2D eigenvalue weighted by Gasteiger charge is -2.33. The van der Waals surface area contributed by atoms with E-state index in [9.17, 15) is 27.6 Å². The quantitative estimate of drug-likeness (QED) is 0.401. The van der Waals surface area contributed by atoms with Crippen molar-refractivity contribution in [2.75, 3.05) is 31.5 Å². The first kappa shape index (κ1) is 27.4. The molecule has 13 heteroatoms. The first-order valence-electron chi connectivity index (χ1n) is 11.9. The maximum atomic E-state index is 13.6. The van der Waals surface area contributed by atoms with Crippen molar-refractivity contribution in [3.05, 3.63) is 64.4 Å². The Hall–Kier alpha value is -3.64. The topological polar surface area (TPSA) is 129 Å². The third kappa shape index (κ3) is 5.76. The van der Waals surface area contributed by atoms with Crippen LogP contribution in [0.25, 0.3) is 0 Å². The average molecular weight is 551 g/mol. The maximum absolute atomic E-state index is 13.6. The molecule has 4 rings (SSSR count). The summed E-state index contributed by atoms with van der Waals surface area (Å²) in [4.78, 5) is 43.8. The van der Waals surface area contributed by atoms with Gasteiger partial charge in [-0.25, -0.2) is 13.2 Å². The normalized spacial score (nSPS) is 22.5. The van der Waals surface area contributed by atoms with E-state index in [1.54, 1.807) is 4.90 Å². The van der Waals surface area contributed by atoms with Gasteiger partial charge in [0, 0.05) is 25.2 Å². The largest absolute Gasteiger partial charge is 0.367 e. The van der Waals surface area contributed by atoms with Crippen molar-refractivity contribution < 1.29 is 27.6 Å². The monoisotopic (exact) mass is 550 g/mol. The molecular weight excluding hydrogens is 525 g/mol. The fourth-order valence-electron chi connectivity index (χ4n) is 4.62. The number of likely N-dealkylation sites (tertiary alicyclic amines) is 1. The minimum Gasteiger partial charge on any atom is -0.367 e. The SMILES string of the molecule is NC(=O)C1(c2ccc(NC(=O)c3ccc(F)cc3Cl)cc2)NC=NC1C(=O)NCCN1CCCC(F)(F)C1. The van der Waals surface area contributed by atoms with Gasteiger partial charge in [0.25, 0.3) is 17.7 Å². The number of carbonyl (C=O) groups is 3. The fourth-order valence-corrected chi connectivity index (χ4v) is 4.87. The summed E-state index contributed by atoms with van der Waals surface area (Å²) in [6.45, 7) is 0.456. The van der Waals surface area contributed by atoms with E-state index in [-0.39, 0.29) is 36.6 Å². The highest BCUT2D eigenvalue weighted by atomic mass is 35.5. The van der Waals surface area contributed by atoms with Crippen LogP contribution in [0, 0.1) is 5.82 Å². The molecule has 3 amide bonds. The van der Waals surface area contributed by atoms with Crippen LogP contribution in [-0.2, 0) is 15.1 Å². The molecule has 0 bridgehead atoms. The Morgan fingerprint density at radius 1 is 1.18 bits per heavy atom. The number of primary amides is 1. The number of benzene rings is 2. The zero-order valence-electron chi connectivity index (χ0n) is 20.1. The molecule has 0 spiro atoms. The van der Waals surface area contributed by atoms with Crippen LogP contribution in [0.5, 0.6) is 0 Å². The lowest BCUT2D eigenvalue weighted by molar-refractivity contribution is -0.131. The van der Waals surface area contributed by atoms with Crippen molar-refractivity contribution in [3.8, 4) is 0 Å². The molecule has 2 aromatic rings. The Morgan fingerprint density at radius 3 is 2.58 bits per heavy atom. The Bertz CT molecular complexity index is 1260. The third-order valence-corrected chi connectivity index (χ3v) is 6.85. The summed E-state index contributed by atoms with van der Waals surface area (Å²) in [5.74, 6) is -5.36. The highest BCUT2D eigenvalue weighted by Gasteiger charge is 2.52. The van der Waals surface area contributed by atoms with Gasteiger partial charge in [0.2, 0.25) is 5.91 Å². The van der Waals surface area contributed by atoms with Crippen LogP contribution in [0.1, 0.15) is 28.8 Å². The molecule has 9 nitrogen and oxygen atoms in total. The number of amides is 3. The lowest BCUT2D eigenvalue weighted by Crippen LogP contribution is -2.60. The van der Waals surface area contributed by atoms with E-state index >= 15 is 0 Å². The van der Waals surface area contributed by atoms with Gasteiger partial charge in [0.15, 0.2) is 11.6 Å². The molecule has 0 saturated carbocycles. The molecular formula is C25H26ClF3N6O3. The number of rotatable bonds is 8. The molecule has 0 radical (unpaired) electrons. The maximum Gasteiger partial charge on any atom is 0.260 e. The summed E-state index contributed by atoms with van der Waals surface area (Å²) in [5, 5.41) is 8.02. The number of hydrogen-bond acceptors (Lipinski definition) is 6. The highest BCUT2D eigenvalue weighted by molar-refractivity contribution is 6.34. The van der Waals surface area contributed by atoms with E-state index in [1.807, 2.05) is 0 Å². The van der Waals surface area contributed by atoms with Gasteiger partial charge in [-0.2, -0.15) is 0 Å². The predicted octanol–water partition coefficient (Wildman–Crippen LogP) is 2.26. The van der Waals surface area contributed by atoms with E-state index < -0.39 is 41.0 Å². The number of nitrogens with zero attached hydrogens (tertiary/aromatic N) is 2. The van der Waals surface area contributed by atoms with Gasteiger partial charge in [-0.1, -0.05) is 23.7 Å². The number of anilines is 1. The molecule has 5 N–H and O–H groups in total. The standard InChI is InChI=1S/C25H26ClF3N6O3/c26-19-12-16(27)4-7-18(19)21(36)34-17-5-2-15(3-6-17)25(23(30)38)20(32-14-33-25)22(37)31-9-11-35-10-1-8-24(28,29)13-35/h2-7,12,14,20H,1,8-11,13H2,(H2,30,38)(H,31,37)(H,32,33)(H,34,36).